The zero-order valence-electron chi connectivity index (χ0n) is 15.8. The number of carbonyl (C=O) groups excluding carboxylic acids is 1. The Morgan fingerprint density at radius 1 is 1.19 bits per heavy atom. The lowest BCUT2D eigenvalue weighted by atomic mass is 10.1. The molecule has 0 aliphatic heterocycles. The Morgan fingerprint density at radius 3 is 2.70 bits per heavy atom. The van der Waals surface area contributed by atoms with Crippen LogP contribution in [0.15, 0.2) is 53.1 Å². The van der Waals surface area contributed by atoms with Crippen molar-refractivity contribution in [3.63, 3.8) is 0 Å². The lowest BCUT2D eigenvalue weighted by Crippen LogP contribution is -2.26. The Bertz CT molecular complexity index is 949. The Balaban J connectivity index is 1.58. The van der Waals surface area contributed by atoms with Gasteiger partial charge in [0.1, 0.15) is 5.82 Å². The molecule has 3 rings (SSSR count). The summed E-state index contributed by atoms with van der Waals surface area (Å²) >= 11 is 0. The summed E-state index contributed by atoms with van der Waals surface area (Å²) in [5, 5.41) is 0. The van der Waals surface area contributed by atoms with E-state index in [0.29, 0.717) is 36.6 Å². The first-order valence-corrected chi connectivity index (χ1v) is 8.93. The molecule has 0 fully saturated rings. The smallest absolute Gasteiger partial charge is 0.223 e. The molecule has 0 N–H and O–H groups in total. The SMILES string of the molecule is Cc1ccc(CN(C)C(=O)CCc2ncc(-c3ccccc3F)o2)c(C)c1. The molecule has 0 radical (unpaired) electrons. The van der Waals surface area contributed by atoms with Crippen LogP contribution in [0.25, 0.3) is 11.3 Å². The van der Waals surface area contributed by atoms with Gasteiger partial charge in [0.25, 0.3) is 0 Å². The van der Waals surface area contributed by atoms with Gasteiger partial charge in [0.2, 0.25) is 5.91 Å². The van der Waals surface area contributed by atoms with Gasteiger partial charge in [0, 0.05) is 26.4 Å². The van der Waals surface area contributed by atoms with E-state index in [0.717, 1.165) is 5.56 Å². The molecule has 27 heavy (non-hydrogen) atoms. The first kappa shape index (κ1) is 18.8. The lowest BCUT2D eigenvalue weighted by Gasteiger charge is -2.18. The minimum absolute atomic E-state index is 0.0145. The normalized spacial score (nSPS) is 10.8. The molecule has 5 heteroatoms. The molecular weight excluding hydrogens is 343 g/mol. The number of hydrogen-bond donors (Lipinski definition) is 0. The lowest BCUT2D eigenvalue weighted by molar-refractivity contribution is -0.130. The van der Waals surface area contributed by atoms with Crippen LogP contribution in [0.3, 0.4) is 0 Å². The highest BCUT2D eigenvalue weighted by atomic mass is 19.1. The second-order valence-electron chi connectivity index (χ2n) is 6.78. The predicted molar refractivity (Wildman–Crippen MR) is 103 cm³/mol. The van der Waals surface area contributed by atoms with E-state index < -0.39 is 0 Å². The van der Waals surface area contributed by atoms with Crippen LogP contribution in [0, 0.1) is 19.7 Å². The molecule has 0 unspecified atom stereocenters. The van der Waals surface area contributed by atoms with Crippen molar-refractivity contribution in [2.75, 3.05) is 7.05 Å². The van der Waals surface area contributed by atoms with E-state index in [2.05, 4.69) is 37.0 Å². The number of halogens is 1. The summed E-state index contributed by atoms with van der Waals surface area (Å²) in [5.74, 6) is 0.464. The summed E-state index contributed by atoms with van der Waals surface area (Å²) < 4.78 is 19.4. The molecule has 0 aliphatic carbocycles. The highest BCUT2D eigenvalue weighted by molar-refractivity contribution is 5.76. The van der Waals surface area contributed by atoms with Gasteiger partial charge in [-0.15, -0.1) is 0 Å². The second kappa shape index (κ2) is 8.16. The molecule has 3 aromatic rings. The minimum atomic E-state index is -0.357. The number of benzene rings is 2. The molecule has 140 valence electrons. The highest BCUT2D eigenvalue weighted by Crippen LogP contribution is 2.23. The fourth-order valence-corrected chi connectivity index (χ4v) is 2.98. The fraction of sp³-hybridized carbons (Fsp3) is 0.273. The maximum atomic E-state index is 13.8. The van der Waals surface area contributed by atoms with E-state index in [4.69, 9.17) is 4.42 Å². The van der Waals surface area contributed by atoms with Gasteiger partial charge < -0.3 is 9.32 Å². The molecule has 0 spiro atoms. The summed E-state index contributed by atoms with van der Waals surface area (Å²) in [4.78, 5) is 18.3. The van der Waals surface area contributed by atoms with Crippen molar-refractivity contribution in [3.8, 4) is 11.3 Å². The van der Waals surface area contributed by atoms with Gasteiger partial charge in [0.05, 0.1) is 11.8 Å². The third kappa shape index (κ3) is 4.61. The van der Waals surface area contributed by atoms with Crippen molar-refractivity contribution in [2.24, 2.45) is 0 Å². The maximum absolute atomic E-state index is 13.8. The topological polar surface area (TPSA) is 46.3 Å². The molecule has 0 bridgehead atoms. The van der Waals surface area contributed by atoms with E-state index in [9.17, 15) is 9.18 Å². The average Bonchev–Trinajstić information content (AvgIpc) is 3.11. The fourth-order valence-electron chi connectivity index (χ4n) is 2.98. The first-order chi connectivity index (χ1) is 12.9. The Labute approximate surface area is 158 Å². The molecule has 1 heterocycles. The number of carbonyl (C=O) groups is 1. The van der Waals surface area contributed by atoms with Crippen LogP contribution in [-0.4, -0.2) is 22.8 Å². The molecular formula is C22H23FN2O2. The van der Waals surface area contributed by atoms with Crippen LogP contribution in [-0.2, 0) is 17.8 Å². The number of aryl methyl sites for hydroxylation is 3. The monoisotopic (exact) mass is 366 g/mol. The zero-order valence-corrected chi connectivity index (χ0v) is 15.8. The number of hydrogen-bond acceptors (Lipinski definition) is 3. The highest BCUT2D eigenvalue weighted by Gasteiger charge is 2.14. The number of rotatable bonds is 6. The standard InChI is InChI=1S/C22H23FN2O2/c1-15-8-9-17(16(2)12-15)14-25(3)22(26)11-10-21-24-13-20(27-21)18-6-4-5-7-19(18)23/h4-9,12-13H,10-11,14H2,1-3H3. The van der Waals surface area contributed by atoms with Gasteiger partial charge in [-0.2, -0.15) is 0 Å². The molecule has 0 atom stereocenters. The van der Waals surface area contributed by atoms with Crippen molar-refractivity contribution in [1.29, 1.82) is 0 Å². The molecule has 2 aromatic carbocycles. The second-order valence-corrected chi connectivity index (χ2v) is 6.78. The number of aromatic nitrogens is 1. The van der Waals surface area contributed by atoms with Crippen molar-refractivity contribution >= 4 is 5.91 Å². The predicted octanol–water partition coefficient (Wildman–Crippen LogP) is 4.69. The molecule has 0 aliphatic rings. The quantitative estimate of drug-likeness (QED) is 0.636. The van der Waals surface area contributed by atoms with Gasteiger partial charge in [0.15, 0.2) is 11.7 Å². The molecule has 0 saturated heterocycles. The van der Waals surface area contributed by atoms with Gasteiger partial charge in [-0.1, -0.05) is 35.9 Å². The van der Waals surface area contributed by atoms with Crippen LogP contribution < -0.4 is 0 Å². The van der Waals surface area contributed by atoms with Crippen LogP contribution in [0.5, 0.6) is 0 Å². The summed E-state index contributed by atoms with van der Waals surface area (Å²) in [6.07, 6.45) is 2.17. The van der Waals surface area contributed by atoms with Gasteiger partial charge in [-0.25, -0.2) is 9.37 Å². The summed E-state index contributed by atoms with van der Waals surface area (Å²) in [6, 6.07) is 12.6. The molecule has 4 nitrogen and oxygen atoms in total. The van der Waals surface area contributed by atoms with Crippen molar-refractivity contribution in [3.05, 3.63) is 77.1 Å². The molecule has 1 aromatic heterocycles. The average molecular weight is 366 g/mol. The number of amides is 1. The number of nitrogens with zero attached hydrogens (tertiary/aromatic N) is 2. The first-order valence-electron chi connectivity index (χ1n) is 8.93. The zero-order chi connectivity index (χ0) is 19.4. The third-order valence-corrected chi connectivity index (χ3v) is 4.58. The van der Waals surface area contributed by atoms with Crippen LogP contribution in [0.4, 0.5) is 4.39 Å². The van der Waals surface area contributed by atoms with Crippen molar-refractivity contribution in [1.82, 2.24) is 9.88 Å². The van der Waals surface area contributed by atoms with E-state index >= 15 is 0 Å². The van der Waals surface area contributed by atoms with Gasteiger partial charge >= 0.3 is 0 Å². The Kier molecular flexibility index (Phi) is 5.69. The largest absolute Gasteiger partial charge is 0.441 e. The Morgan fingerprint density at radius 2 is 1.96 bits per heavy atom. The minimum Gasteiger partial charge on any atom is -0.441 e. The molecule has 1 amide bonds. The maximum Gasteiger partial charge on any atom is 0.223 e. The van der Waals surface area contributed by atoms with Crippen molar-refractivity contribution in [2.45, 2.75) is 33.2 Å². The van der Waals surface area contributed by atoms with Crippen molar-refractivity contribution < 1.29 is 13.6 Å². The van der Waals surface area contributed by atoms with Gasteiger partial charge in [-0.3, -0.25) is 4.79 Å². The van der Waals surface area contributed by atoms with Gasteiger partial charge in [-0.05, 0) is 37.1 Å². The van der Waals surface area contributed by atoms with E-state index in [1.807, 2.05) is 0 Å². The van der Waals surface area contributed by atoms with Crippen LogP contribution >= 0.6 is 0 Å². The van der Waals surface area contributed by atoms with E-state index in [1.165, 1.54) is 23.4 Å². The number of oxazole rings is 1. The summed E-state index contributed by atoms with van der Waals surface area (Å²) in [6.45, 7) is 4.67. The molecule has 0 saturated carbocycles. The van der Waals surface area contributed by atoms with E-state index in [-0.39, 0.29) is 11.7 Å². The summed E-state index contributed by atoms with van der Waals surface area (Å²) in [5.41, 5.74) is 3.89. The van der Waals surface area contributed by atoms with Crippen LogP contribution in [0.2, 0.25) is 0 Å². The van der Waals surface area contributed by atoms with Crippen LogP contribution in [0.1, 0.15) is 29.0 Å². The third-order valence-electron chi connectivity index (χ3n) is 4.58. The summed E-state index contributed by atoms with van der Waals surface area (Å²) in [7, 11) is 1.79. The Hall–Kier alpha value is -2.95. The van der Waals surface area contributed by atoms with E-state index in [1.54, 1.807) is 30.1 Å².